The summed E-state index contributed by atoms with van der Waals surface area (Å²) < 4.78 is 5.00. The molecule has 0 spiro atoms. The highest BCUT2D eigenvalue weighted by atomic mass is 16.5. The minimum absolute atomic E-state index is 0.689. The minimum Gasteiger partial charge on any atom is -0.484 e. The maximum atomic E-state index is 5.00. The second-order valence-electron chi connectivity index (χ2n) is 3.12. The molecule has 1 aromatic carbocycles. The van der Waals surface area contributed by atoms with Crippen LogP contribution in [0.4, 0.5) is 5.69 Å². The van der Waals surface area contributed by atoms with Crippen molar-refractivity contribution >= 4 is 11.6 Å². The number of ether oxygens (including phenoxy) is 1. The van der Waals surface area contributed by atoms with Crippen molar-refractivity contribution in [2.45, 2.75) is 20.8 Å². The Kier molecular flexibility index (Phi) is 3.07. The van der Waals surface area contributed by atoms with E-state index in [-0.39, 0.29) is 0 Å². The van der Waals surface area contributed by atoms with Gasteiger partial charge in [-0.15, -0.1) is 0 Å². The molecule has 0 saturated carbocycles. The molecule has 0 radical (unpaired) electrons. The van der Waals surface area contributed by atoms with Gasteiger partial charge in [0.15, 0.2) is 5.90 Å². The van der Waals surface area contributed by atoms with Crippen molar-refractivity contribution in [3.63, 3.8) is 0 Å². The Morgan fingerprint density at radius 3 is 2.62 bits per heavy atom. The SMILES string of the molecule is COC(C)=Nc1cc(C)ccc1C. The summed E-state index contributed by atoms with van der Waals surface area (Å²) in [6, 6.07) is 6.20. The van der Waals surface area contributed by atoms with Crippen LogP contribution in [0.2, 0.25) is 0 Å². The molecule has 0 saturated heterocycles. The van der Waals surface area contributed by atoms with E-state index in [2.05, 4.69) is 30.1 Å². The fourth-order valence-corrected chi connectivity index (χ4v) is 1.06. The molecule has 2 nitrogen and oxygen atoms in total. The van der Waals surface area contributed by atoms with Crippen molar-refractivity contribution in [3.8, 4) is 0 Å². The molecule has 0 aliphatic carbocycles. The Labute approximate surface area is 79.3 Å². The molecule has 1 aromatic rings. The first kappa shape index (κ1) is 9.78. The average Bonchev–Trinajstić information content (AvgIpc) is 2.11. The van der Waals surface area contributed by atoms with Crippen LogP contribution in [0.5, 0.6) is 0 Å². The van der Waals surface area contributed by atoms with Crippen LogP contribution in [0.25, 0.3) is 0 Å². The van der Waals surface area contributed by atoms with Crippen molar-refractivity contribution in [1.82, 2.24) is 0 Å². The summed E-state index contributed by atoms with van der Waals surface area (Å²) in [5.41, 5.74) is 3.37. The zero-order chi connectivity index (χ0) is 9.84. The molecule has 0 aliphatic heterocycles. The molecule has 0 heterocycles. The zero-order valence-corrected chi connectivity index (χ0v) is 8.59. The molecule has 0 unspecified atom stereocenters. The number of rotatable bonds is 1. The van der Waals surface area contributed by atoms with Crippen molar-refractivity contribution in [2.75, 3.05) is 7.11 Å². The summed E-state index contributed by atoms with van der Waals surface area (Å²) in [6.45, 7) is 5.95. The van der Waals surface area contributed by atoms with Gasteiger partial charge in [0.25, 0.3) is 0 Å². The summed E-state index contributed by atoms with van der Waals surface area (Å²) in [7, 11) is 1.63. The van der Waals surface area contributed by atoms with E-state index in [4.69, 9.17) is 4.74 Å². The summed E-state index contributed by atoms with van der Waals surface area (Å²) >= 11 is 0. The Morgan fingerprint density at radius 2 is 2.00 bits per heavy atom. The van der Waals surface area contributed by atoms with Crippen LogP contribution < -0.4 is 0 Å². The average molecular weight is 177 g/mol. The third kappa shape index (κ3) is 2.58. The largest absolute Gasteiger partial charge is 0.484 e. The second kappa shape index (κ2) is 4.08. The molecule has 1 rings (SSSR count). The summed E-state index contributed by atoms with van der Waals surface area (Å²) in [5, 5.41) is 0. The van der Waals surface area contributed by atoms with Gasteiger partial charge in [0.1, 0.15) is 0 Å². The predicted molar refractivity (Wildman–Crippen MR) is 55.7 cm³/mol. The molecule has 0 bridgehead atoms. The van der Waals surface area contributed by atoms with Gasteiger partial charge in [0.05, 0.1) is 12.8 Å². The maximum absolute atomic E-state index is 5.00. The lowest BCUT2D eigenvalue weighted by Gasteiger charge is -2.03. The number of aryl methyl sites for hydroxylation is 2. The first-order valence-electron chi connectivity index (χ1n) is 4.30. The van der Waals surface area contributed by atoms with Crippen molar-refractivity contribution in [2.24, 2.45) is 4.99 Å². The third-order valence-electron chi connectivity index (χ3n) is 1.94. The molecule has 0 fully saturated rings. The van der Waals surface area contributed by atoms with Crippen molar-refractivity contribution in [3.05, 3.63) is 29.3 Å². The van der Waals surface area contributed by atoms with E-state index in [1.54, 1.807) is 7.11 Å². The number of hydrogen-bond donors (Lipinski definition) is 0. The van der Waals surface area contributed by atoms with Gasteiger partial charge in [-0.1, -0.05) is 12.1 Å². The van der Waals surface area contributed by atoms with Crippen LogP contribution in [0.3, 0.4) is 0 Å². The van der Waals surface area contributed by atoms with Crippen LogP contribution in [-0.4, -0.2) is 13.0 Å². The summed E-state index contributed by atoms with van der Waals surface area (Å²) in [4.78, 5) is 4.33. The normalized spacial score (nSPS) is 11.5. The Bertz CT molecular complexity index is 329. The Hall–Kier alpha value is -1.31. The molecule has 2 heteroatoms. The van der Waals surface area contributed by atoms with E-state index in [1.165, 1.54) is 11.1 Å². The first-order valence-corrected chi connectivity index (χ1v) is 4.30. The van der Waals surface area contributed by atoms with Crippen LogP contribution >= 0.6 is 0 Å². The lowest BCUT2D eigenvalue weighted by atomic mass is 10.1. The third-order valence-corrected chi connectivity index (χ3v) is 1.94. The smallest absolute Gasteiger partial charge is 0.184 e. The quantitative estimate of drug-likeness (QED) is 0.477. The molecular weight excluding hydrogens is 162 g/mol. The highest BCUT2D eigenvalue weighted by Gasteiger charge is 1.97. The van der Waals surface area contributed by atoms with Crippen LogP contribution in [0.15, 0.2) is 23.2 Å². The van der Waals surface area contributed by atoms with Gasteiger partial charge in [-0.05, 0) is 31.0 Å². The van der Waals surface area contributed by atoms with Gasteiger partial charge < -0.3 is 4.74 Å². The number of benzene rings is 1. The van der Waals surface area contributed by atoms with Crippen LogP contribution in [0.1, 0.15) is 18.1 Å². The number of methoxy groups -OCH3 is 1. The highest BCUT2D eigenvalue weighted by molar-refractivity contribution is 5.77. The van der Waals surface area contributed by atoms with E-state index in [1.807, 2.05) is 13.8 Å². The maximum Gasteiger partial charge on any atom is 0.184 e. The minimum atomic E-state index is 0.689. The molecule has 0 atom stereocenters. The topological polar surface area (TPSA) is 21.6 Å². The highest BCUT2D eigenvalue weighted by Crippen LogP contribution is 2.19. The molecule has 0 aromatic heterocycles. The van der Waals surface area contributed by atoms with Gasteiger partial charge in [0, 0.05) is 6.92 Å². The van der Waals surface area contributed by atoms with Gasteiger partial charge in [0.2, 0.25) is 0 Å². The van der Waals surface area contributed by atoms with E-state index < -0.39 is 0 Å². The van der Waals surface area contributed by atoms with Crippen molar-refractivity contribution in [1.29, 1.82) is 0 Å². The number of aliphatic imine (C=N–C) groups is 1. The molecule has 0 amide bonds. The number of hydrogen-bond acceptors (Lipinski definition) is 2. The van der Waals surface area contributed by atoms with E-state index in [0.717, 1.165) is 5.69 Å². The lowest BCUT2D eigenvalue weighted by molar-refractivity contribution is 0.400. The zero-order valence-electron chi connectivity index (χ0n) is 8.59. The standard InChI is InChI=1S/C11H15NO/c1-8-5-6-9(2)11(7-8)12-10(3)13-4/h5-7H,1-4H3. The second-order valence-corrected chi connectivity index (χ2v) is 3.12. The monoisotopic (exact) mass is 177 g/mol. The first-order chi connectivity index (χ1) is 6.13. The van der Waals surface area contributed by atoms with Gasteiger partial charge in [-0.3, -0.25) is 0 Å². The fraction of sp³-hybridized carbons (Fsp3) is 0.364. The van der Waals surface area contributed by atoms with Crippen LogP contribution in [-0.2, 0) is 4.74 Å². The molecule has 0 N–H and O–H groups in total. The summed E-state index contributed by atoms with van der Waals surface area (Å²) in [6.07, 6.45) is 0. The lowest BCUT2D eigenvalue weighted by Crippen LogP contribution is -1.92. The molecule has 13 heavy (non-hydrogen) atoms. The van der Waals surface area contributed by atoms with Gasteiger partial charge in [-0.25, -0.2) is 4.99 Å². The fourth-order valence-electron chi connectivity index (χ4n) is 1.06. The molecular formula is C11H15NO. The van der Waals surface area contributed by atoms with Gasteiger partial charge >= 0.3 is 0 Å². The number of nitrogens with zero attached hydrogens (tertiary/aromatic N) is 1. The van der Waals surface area contributed by atoms with Gasteiger partial charge in [-0.2, -0.15) is 0 Å². The molecule has 0 aliphatic rings. The van der Waals surface area contributed by atoms with Crippen molar-refractivity contribution < 1.29 is 4.74 Å². The van der Waals surface area contributed by atoms with E-state index in [9.17, 15) is 0 Å². The molecule has 70 valence electrons. The summed E-state index contributed by atoms with van der Waals surface area (Å²) in [5.74, 6) is 0.689. The van der Waals surface area contributed by atoms with Crippen LogP contribution in [0, 0.1) is 13.8 Å². The van der Waals surface area contributed by atoms with E-state index >= 15 is 0 Å². The Morgan fingerprint density at radius 1 is 1.31 bits per heavy atom. The van der Waals surface area contributed by atoms with E-state index in [0.29, 0.717) is 5.90 Å². The predicted octanol–water partition coefficient (Wildman–Crippen LogP) is 3.00. The Balaban J connectivity index is 3.07.